The second-order valence-corrected chi connectivity index (χ2v) is 16.1. The quantitative estimate of drug-likeness (QED) is 0.0832. The van der Waals surface area contributed by atoms with E-state index in [4.69, 9.17) is 28.4 Å². The monoisotopic (exact) mass is 748 g/mol. The van der Waals surface area contributed by atoms with E-state index in [1.54, 1.807) is 14.2 Å². The largest absolute Gasteiger partial charge is 0.491 e. The molecule has 51 heavy (non-hydrogen) atoms. The maximum absolute atomic E-state index is 6.40. The van der Waals surface area contributed by atoms with Crippen LogP contribution in [0, 0.1) is 55.4 Å². The highest BCUT2D eigenvalue weighted by atomic mass is 32.1. The molecule has 0 aliphatic heterocycles. The van der Waals surface area contributed by atoms with Gasteiger partial charge in [0.15, 0.2) is 0 Å². The van der Waals surface area contributed by atoms with Gasteiger partial charge in [-0.25, -0.2) is 0 Å². The highest BCUT2D eigenvalue weighted by Crippen LogP contribution is 2.51. The van der Waals surface area contributed by atoms with Gasteiger partial charge in [0.05, 0.1) is 39.6 Å². The number of aryl methyl sites for hydroxylation is 2. The molecule has 0 unspecified atom stereocenters. The third-order valence-corrected chi connectivity index (χ3v) is 14.0. The summed E-state index contributed by atoms with van der Waals surface area (Å²) in [6.07, 6.45) is 0. The molecule has 3 heterocycles. The van der Waals surface area contributed by atoms with Gasteiger partial charge >= 0.3 is 0 Å². The zero-order valence-corrected chi connectivity index (χ0v) is 34.2. The molecule has 5 aromatic rings. The first-order chi connectivity index (χ1) is 24.6. The minimum absolute atomic E-state index is 0.425. The van der Waals surface area contributed by atoms with E-state index in [1.807, 2.05) is 40.1 Å². The van der Waals surface area contributed by atoms with Crippen molar-refractivity contribution in [3.63, 3.8) is 0 Å². The fraction of sp³-hybridized carbons (Fsp3) is 0.429. The van der Waals surface area contributed by atoms with Crippen molar-refractivity contribution in [2.45, 2.75) is 55.4 Å². The molecule has 0 aliphatic carbocycles. The van der Waals surface area contributed by atoms with Crippen LogP contribution in [0.5, 0.6) is 11.5 Å². The van der Waals surface area contributed by atoms with Crippen LogP contribution < -0.4 is 9.47 Å². The van der Waals surface area contributed by atoms with Crippen LogP contribution in [0.15, 0.2) is 36.4 Å². The Morgan fingerprint density at radius 2 is 0.863 bits per heavy atom. The summed E-state index contributed by atoms with van der Waals surface area (Å²) in [6.45, 7) is 21.9. The third-order valence-electron chi connectivity index (χ3n) is 9.50. The summed E-state index contributed by atoms with van der Waals surface area (Å²) in [5.74, 6) is 1.58. The zero-order valence-electron chi connectivity index (χ0n) is 31.8. The second-order valence-electron chi connectivity index (χ2n) is 12.9. The summed E-state index contributed by atoms with van der Waals surface area (Å²) < 4.78 is 34.3. The molecule has 0 saturated carbocycles. The Morgan fingerprint density at radius 3 is 1.37 bits per heavy atom. The van der Waals surface area contributed by atoms with Crippen molar-refractivity contribution in [3.05, 3.63) is 80.2 Å². The maximum atomic E-state index is 6.40. The summed E-state index contributed by atoms with van der Waals surface area (Å²) in [6, 6.07) is 12.8. The summed E-state index contributed by atoms with van der Waals surface area (Å²) in [7, 11) is 3.35. The molecule has 0 amide bonds. The van der Waals surface area contributed by atoms with Crippen LogP contribution in [0.25, 0.3) is 41.1 Å². The number of benzene rings is 2. The number of thiophene rings is 3. The molecule has 0 bridgehead atoms. The minimum atomic E-state index is 0.425. The number of hydrogen-bond donors (Lipinski definition) is 0. The van der Waals surface area contributed by atoms with E-state index in [1.165, 1.54) is 62.6 Å². The van der Waals surface area contributed by atoms with Gasteiger partial charge in [-0.05, 0) is 125 Å². The maximum Gasteiger partial charge on any atom is 0.127 e. The van der Waals surface area contributed by atoms with Crippen LogP contribution >= 0.6 is 34.0 Å². The molecule has 2 aromatic carbocycles. The molecule has 0 N–H and O–H groups in total. The van der Waals surface area contributed by atoms with Crippen LogP contribution in [-0.4, -0.2) is 67.1 Å². The lowest BCUT2D eigenvalue weighted by atomic mass is 9.97. The van der Waals surface area contributed by atoms with Gasteiger partial charge in [0.25, 0.3) is 0 Å². The number of methoxy groups -OCH3 is 2. The SMILES string of the molecule is COCCOCCOc1ccc(C)cc1-c1cc(-c2sc(-c3sc(-c4sc(C)c(C)c4C)c(C)c3C)c(C)c2C)ccc1OCCOCCOC. The minimum Gasteiger partial charge on any atom is -0.491 e. The Kier molecular flexibility index (Phi) is 13.9. The fourth-order valence-corrected chi connectivity index (χ4v) is 10.3. The fourth-order valence-electron chi connectivity index (χ4n) is 5.97. The average molecular weight is 749 g/mol. The van der Waals surface area contributed by atoms with Crippen LogP contribution in [0.2, 0.25) is 0 Å². The molecule has 5 rings (SSSR count). The lowest BCUT2D eigenvalue weighted by Gasteiger charge is -2.18. The van der Waals surface area contributed by atoms with Gasteiger partial charge in [-0.3, -0.25) is 0 Å². The Balaban J connectivity index is 1.53. The molecule has 0 atom stereocenters. The van der Waals surface area contributed by atoms with Crippen molar-refractivity contribution in [2.75, 3.05) is 67.1 Å². The summed E-state index contributed by atoms with van der Waals surface area (Å²) in [5.41, 5.74) is 12.5. The van der Waals surface area contributed by atoms with Crippen LogP contribution in [0.1, 0.15) is 43.8 Å². The number of rotatable bonds is 18. The predicted octanol–water partition coefficient (Wildman–Crippen LogP) is 11.1. The molecule has 3 aromatic heterocycles. The Morgan fingerprint density at radius 1 is 0.431 bits per heavy atom. The van der Waals surface area contributed by atoms with Gasteiger partial charge in [0.2, 0.25) is 0 Å². The van der Waals surface area contributed by atoms with E-state index in [0.29, 0.717) is 52.9 Å². The normalized spacial score (nSPS) is 11.5. The molecule has 274 valence electrons. The molecule has 0 aliphatic rings. The highest BCUT2D eigenvalue weighted by Gasteiger charge is 2.24. The summed E-state index contributed by atoms with van der Waals surface area (Å²) in [4.78, 5) is 8.21. The topological polar surface area (TPSA) is 55.4 Å². The van der Waals surface area contributed by atoms with Gasteiger partial charge in [-0.2, -0.15) is 0 Å². The van der Waals surface area contributed by atoms with Crippen molar-refractivity contribution in [2.24, 2.45) is 0 Å². The van der Waals surface area contributed by atoms with E-state index >= 15 is 0 Å². The Bertz CT molecular complexity index is 1930. The first-order valence-corrected chi connectivity index (χ1v) is 19.9. The average Bonchev–Trinajstić information content (AvgIpc) is 3.68. The van der Waals surface area contributed by atoms with Crippen molar-refractivity contribution in [1.29, 1.82) is 0 Å². The van der Waals surface area contributed by atoms with Gasteiger partial charge in [0, 0.05) is 54.6 Å². The molecule has 0 saturated heterocycles. The van der Waals surface area contributed by atoms with E-state index in [9.17, 15) is 0 Å². The van der Waals surface area contributed by atoms with Gasteiger partial charge in [-0.1, -0.05) is 11.6 Å². The lowest BCUT2D eigenvalue weighted by molar-refractivity contribution is 0.0542. The number of ether oxygens (including phenoxy) is 6. The smallest absolute Gasteiger partial charge is 0.127 e. The van der Waals surface area contributed by atoms with Crippen LogP contribution in [0.3, 0.4) is 0 Å². The van der Waals surface area contributed by atoms with E-state index in [0.717, 1.165) is 33.8 Å². The predicted molar refractivity (Wildman–Crippen MR) is 216 cm³/mol. The van der Waals surface area contributed by atoms with Crippen molar-refractivity contribution in [3.8, 4) is 52.6 Å². The first kappa shape index (κ1) is 39.2. The summed E-state index contributed by atoms with van der Waals surface area (Å²) in [5, 5.41) is 0. The molecular weight excluding hydrogens is 697 g/mol. The lowest BCUT2D eigenvalue weighted by Crippen LogP contribution is -2.11. The molecule has 9 heteroatoms. The van der Waals surface area contributed by atoms with Gasteiger partial charge in [0.1, 0.15) is 24.7 Å². The summed E-state index contributed by atoms with van der Waals surface area (Å²) >= 11 is 5.76. The number of hydrogen-bond acceptors (Lipinski definition) is 9. The van der Waals surface area contributed by atoms with Gasteiger partial charge in [-0.15, -0.1) is 34.0 Å². The van der Waals surface area contributed by atoms with E-state index in [-0.39, 0.29) is 0 Å². The Labute approximate surface area is 316 Å². The van der Waals surface area contributed by atoms with Crippen molar-refractivity contribution in [1.82, 2.24) is 0 Å². The van der Waals surface area contributed by atoms with Crippen LogP contribution in [0.4, 0.5) is 0 Å². The van der Waals surface area contributed by atoms with Crippen molar-refractivity contribution < 1.29 is 28.4 Å². The Hall–Kier alpha value is -3.02. The standard InChI is InChI=1S/C42H52O6S3/c1-25-11-13-36(47-21-19-45-17-15-43-9)34(23-25)35-24-33(12-14-37(35)48-22-20-46-18-16-44-10)38-28(4)29(5)41(50-38)42-31(7)30(6)40(51-42)39-27(3)26(2)32(8)49-39/h11-14,23-24H,15-22H2,1-10H3. The zero-order chi connectivity index (χ0) is 36.7. The second kappa shape index (κ2) is 18.1. The first-order valence-electron chi connectivity index (χ1n) is 17.5. The highest BCUT2D eigenvalue weighted by molar-refractivity contribution is 7.27. The van der Waals surface area contributed by atoms with Crippen LogP contribution in [-0.2, 0) is 18.9 Å². The van der Waals surface area contributed by atoms with E-state index < -0.39 is 0 Å². The van der Waals surface area contributed by atoms with E-state index in [2.05, 4.69) is 85.7 Å². The van der Waals surface area contributed by atoms with Crippen molar-refractivity contribution >= 4 is 34.0 Å². The molecule has 0 spiro atoms. The molecule has 6 nitrogen and oxygen atoms in total. The molecular formula is C42H52O6S3. The van der Waals surface area contributed by atoms with Gasteiger partial charge < -0.3 is 28.4 Å². The molecule has 0 radical (unpaired) electrons. The third kappa shape index (κ3) is 8.96. The molecule has 0 fully saturated rings.